The number of hydrogen-bond donors (Lipinski definition) is 1. The van der Waals surface area contributed by atoms with Crippen molar-refractivity contribution < 1.29 is 5.11 Å². The summed E-state index contributed by atoms with van der Waals surface area (Å²) in [6.07, 6.45) is 9.56. The van der Waals surface area contributed by atoms with Crippen molar-refractivity contribution in [3.05, 3.63) is 0 Å². The largest absolute Gasteiger partial charge is 0.396 e. The van der Waals surface area contributed by atoms with Gasteiger partial charge in [-0.25, -0.2) is 0 Å². The Kier molecular flexibility index (Phi) is 4.67. The predicted molar refractivity (Wildman–Crippen MR) is 52.1 cm³/mol. The van der Waals surface area contributed by atoms with Crippen molar-refractivity contribution >= 4 is 0 Å². The average molecular weight is 170 g/mol. The van der Waals surface area contributed by atoms with Gasteiger partial charge >= 0.3 is 0 Å². The lowest BCUT2D eigenvalue weighted by molar-refractivity contribution is 0.230. The SMILES string of the molecule is C[C@H](CCO)CC1CCCCC1. The molecule has 1 aliphatic rings. The molecule has 1 saturated carbocycles. The van der Waals surface area contributed by atoms with E-state index in [2.05, 4.69) is 6.92 Å². The standard InChI is InChI=1S/C11H22O/c1-10(7-8-12)9-11-5-3-2-4-6-11/h10-12H,2-9H2,1H3/t10-/m1/s1. The van der Waals surface area contributed by atoms with Crippen LogP contribution in [0.5, 0.6) is 0 Å². The van der Waals surface area contributed by atoms with Crippen LogP contribution in [0.4, 0.5) is 0 Å². The molecule has 0 bridgehead atoms. The highest BCUT2D eigenvalue weighted by atomic mass is 16.3. The zero-order valence-corrected chi connectivity index (χ0v) is 8.26. The third-order valence-electron chi connectivity index (χ3n) is 3.08. The van der Waals surface area contributed by atoms with E-state index in [4.69, 9.17) is 5.11 Å². The van der Waals surface area contributed by atoms with Crippen LogP contribution in [0.2, 0.25) is 0 Å². The molecule has 0 spiro atoms. The molecule has 0 aromatic rings. The highest BCUT2D eigenvalue weighted by Gasteiger charge is 2.15. The van der Waals surface area contributed by atoms with Crippen molar-refractivity contribution in [3.63, 3.8) is 0 Å². The van der Waals surface area contributed by atoms with Crippen LogP contribution in [0.1, 0.15) is 51.9 Å². The highest BCUT2D eigenvalue weighted by molar-refractivity contribution is 4.68. The lowest BCUT2D eigenvalue weighted by Crippen LogP contribution is -2.11. The average Bonchev–Trinajstić information content (AvgIpc) is 2.06. The van der Waals surface area contributed by atoms with Gasteiger partial charge in [-0.05, 0) is 24.7 Å². The molecule has 0 aromatic carbocycles. The molecular weight excluding hydrogens is 148 g/mol. The second-order valence-corrected chi connectivity index (χ2v) is 4.36. The second kappa shape index (κ2) is 5.58. The zero-order chi connectivity index (χ0) is 8.81. The van der Waals surface area contributed by atoms with E-state index < -0.39 is 0 Å². The summed E-state index contributed by atoms with van der Waals surface area (Å²) in [5.41, 5.74) is 0. The van der Waals surface area contributed by atoms with Crippen LogP contribution in [0.3, 0.4) is 0 Å². The molecule has 0 amide bonds. The molecule has 1 atom stereocenters. The van der Waals surface area contributed by atoms with Gasteiger partial charge in [0.15, 0.2) is 0 Å². The van der Waals surface area contributed by atoms with Crippen molar-refractivity contribution in [2.24, 2.45) is 11.8 Å². The van der Waals surface area contributed by atoms with Gasteiger partial charge in [0.1, 0.15) is 0 Å². The monoisotopic (exact) mass is 170 g/mol. The van der Waals surface area contributed by atoms with E-state index >= 15 is 0 Å². The van der Waals surface area contributed by atoms with Gasteiger partial charge < -0.3 is 5.11 Å². The molecule has 1 N–H and O–H groups in total. The number of aliphatic hydroxyl groups excluding tert-OH is 1. The highest BCUT2D eigenvalue weighted by Crippen LogP contribution is 2.29. The summed E-state index contributed by atoms with van der Waals surface area (Å²) in [7, 11) is 0. The van der Waals surface area contributed by atoms with Crippen molar-refractivity contribution in [2.45, 2.75) is 51.9 Å². The molecule has 0 aromatic heterocycles. The van der Waals surface area contributed by atoms with Crippen LogP contribution in [0, 0.1) is 11.8 Å². The van der Waals surface area contributed by atoms with Crippen LogP contribution < -0.4 is 0 Å². The summed E-state index contributed by atoms with van der Waals surface area (Å²) in [5.74, 6) is 1.71. The first-order valence-corrected chi connectivity index (χ1v) is 5.43. The van der Waals surface area contributed by atoms with Gasteiger partial charge in [-0.15, -0.1) is 0 Å². The number of hydrogen-bond acceptors (Lipinski definition) is 1. The molecule has 0 radical (unpaired) electrons. The van der Waals surface area contributed by atoms with Crippen molar-refractivity contribution in [3.8, 4) is 0 Å². The second-order valence-electron chi connectivity index (χ2n) is 4.36. The van der Waals surface area contributed by atoms with E-state index in [1.165, 1.54) is 38.5 Å². The van der Waals surface area contributed by atoms with E-state index in [1.807, 2.05) is 0 Å². The van der Waals surface area contributed by atoms with E-state index in [-0.39, 0.29) is 0 Å². The molecule has 0 heterocycles. The molecule has 1 rings (SSSR count). The lowest BCUT2D eigenvalue weighted by atomic mass is 9.82. The summed E-state index contributed by atoms with van der Waals surface area (Å²) in [5, 5.41) is 8.77. The Morgan fingerprint density at radius 1 is 1.25 bits per heavy atom. The molecule has 0 saturated heterocycles. The Bertz CT molecular complexity index is 106. The Morgan fingerprint density at radius 2 is 1.92 bits per heavy atom. The first-order chi connectivity index (χ1) is 5.83. The summed E-state index contributed by atoms with van der Waals surface area (Å²) in [6.45, 7) is 2.64. The Balaban J connectivity index is 2.11. The third kappa shape index (κ3) is 3.57. The predicted octanol–water partition coefficient (Wildman–Crippen LogP) is 2.98. The Morgan fingerprint density at radius 3 is 2.50 bits per heavy atom. The maximum Gasteiger partial charge on any atom is 0.0433 e. The van der Waals surface area contributed by atoms with Gasteiger partial charge in [0.05, 0.1) is 0 Å². The summed E-state index contributed by atoms with van der Waals surface area (Å²) >= 11 is 0. The first kappa shape index (κ1) is 10.0. The minimum atomic E-state index is 0.369. The topological polar surface area (TPSA) is 20.2 Å². The lowest BCUT2D eigenvalue weighted by Gasteiger charge is -2.24. The van der Waals surface area contributed by atoms with Gasteiger partial charge in [-0.2, -0.15) is 0 Å². The van der Waals surface area contributed by atoms with Crippen LogP contribution >= 0.6 is 0 Å². The minimum Gasteiger partial charge on any atom is -0.396 e. The molecule has 1 aliphatic carbocycles. The Labute approximate surface area is 76.2 Å². The molecule has 0 aliphatic heterocycles. The van der Waals surface area contributed by atoms with Gasteiger partial charge in [0.2, 0.25) is 0 Å². The van der Waals surface area contributed by atoms with E-state index in [1.54, 1.807) is 0 Å². The maximum absolute atomic E-state index is 8.77. The normalized spacial score (nSPS) is 22.5. The minimum absolute atomic E-state index is 0.369. The molecule has 1 heteroatoms. The van der Waals surface area contributed by atoms with Crippen LogP contribution in [0.25, 0.3) is 0 Å². The summed E-state index contributed by atoms with van der Waals surface area (Å²) in [4.78, 5) is 0. The van der Waals surface area contributed by atoms with Crippen LogP contribution in [0.15, 0.2) is 0 Å². The zero-order valence-electron chi connectivity index (χ0n) is 8.26. The third-order valence-corrected chi connectivity index (χ3v) is 3.08. The molecule has 72 valence electrons. The number of aliphatic hydroxyl groups is 1. The van der Waals surface area contributed by atoms with Crippen molar-refractivity contribution in [2.75, 3.05) is 6.61 Å². The molecule has 1 fully saturated rings. The van der Waals surface area contributed by atoms with Gasteiger partial charge in [0.25, 0.3) is 0 Å². The fourth-order valence-corrected chi connectivity index (χ4v) is 2.33. The van der Waals surface area contributed by atoms with Crippen LogP contribution in [-0.4, -0.2) is 11.7 Å². The maximum atomic E-state index is 8.77. The molecule has 1 nitrogen and oxygen atoms in total. The Hall–Kier alpha value is -0.0400. The summed E-state index contributed by atoms with van der Waals surface area (Å²) < 4.78 is 0. The molecular formula is C11H22O. The van der Waals surface area contributed by atoms with E-state index in [0.29, 0.717) is 6.61 Å². The van der Waals surface area contributed by atoms with Crippen molar-refractivity contribution in [1.82, 2.24) is 0 Å². The smallest absolute Gasteiger partial charge is 0.0433 e. The number of rotatable bonds is 4. The first-order valence-electron chi connectivity index (χ1n) is 5.43. The summed E-state index contributed by atoms with van der Waals surface area (Å²) in [6, 6.07) is 0. The van der Waals surface area contributed by atoms with E-state index in [0.717, 1.165) is 18.3 Å². The molecule has 0 unspecified atom stereocenters. The fourth-order valence-electron chi connectivity index (χ4n) is 2.33. The van der Waals surface area contributed by atoms with Crippen molar-refractivity contribution in [1.29, 1.82) is 0 Å². The quantitative estimate of drug-likeness (QED) is 0.687. The molecule has 12 heavy (non-hydrogen) atoms. The van der Waals surface area contributed by atoms with Gasteiger partial charge in [-0.3, -0.25) is 0 Å². The van der Waals surface area contributed by atoms with E-state index in [9.17, 15) is 0 Å². The fraction of sp³-hybridized carbons (Fsp3) is 1.00. The van der Waals surface area contributed by atoms with Crippen LogP contribution in [-0.2, 0) is 0 Å². The van der Waals surface area contributed by atoms with Gasteiger partial charge in [0, 0.05) is 6.61 Å². The van der Waals surface area contributed by atoms with Gasteiger partial charge in [-0.1, -0.05) is 39.0 Å².